The first-order valence-corrected chi connectivity index (χ1v) is 8.60. The molecule has 4 rings (SSSR count). The number of aromatic nitrogens is 4. The first-order valence-electron chi connectivity index (χ1n) is 7.79. The molecule has 7 heteroatoms. The maximum Gasteiger partial charge on any atom is 0.234 e. The maximum atomic E-state index is 6.62. The molecule has 1 aliphatic heterocycles. The lowest BCUT2D eigenvalue weighted by Gasteiger charge is -2.33. The molecule has 2 aromatic rings. The lowest BCUT2D eigenvalue weighted by Crippen LogP contribution is -2.40. The summed E-state index contributed by atoms with van der Waals surface area (Å²) in [7, 11) is 0. The predicted molar refractivity (Wildman–Crippen MR) is 80.1 cm³/mol. The minimum Gasteiger partial charge on any atom is -0.370 e. The molecule has 0 radical (unpaired) electrons. The average Bonchev–Trinajstić information content (AvgIpc) is 3.16. The van der Waals surface area contributed by atoms with Crippen LogP contribution in [0, 0.1) is 5.92 Å². The number of nitrogens with two attached hydrogens (primary N) is 1. The van der Waals surface area contributed by atoms with Gasteiger partial charge in [-0.15, -0.1) is 10.2 Å². The van der Waals surface area contributed by atoms with Gasteiger partial charge in [0.05, 0.1) is 5.54 Å². The van der Waals surface area contributed by atoms with Gasteiger partial charge in [-0.1, -0.05) is 18.3 Å². The van der Waals surface area contributed by atoms with Crippen LogP contribution < -0.4 is 5.73 Å². The molecule has 114 valence electrons. The van der Waals surface area contributed by atoms with E-state index in [1.165, 1.54) is 12.8 Å². The van der Waals surface area contributed by atoms with Gasteiger partial charge < -0.3 is 10.5 Å². The summed E-state index contributed by atoms with van der Waals surface area (Å²) in [6.45, 7) is 3.10. The van der Waals surface area contributed by atoms with Gasteiger partial charge in [0.1, 0.15) is 11.1 Å². The third-order valence-corrected chi connectivity index (χ3v) is 5.94. The van der Waals surface area contributed by atoms with Crippen molar-refractivity contribution in [3.05, 3.63) is 10.8 Å². The highest BCUT2D eigenvalue weighted by Gasteiger charge is 2.36. The van der Waals surface area contributed by atoms with E-state index in [9.17, 15) is 0 Å². The molecule has 2 N–H and O–H groups in total. The number of nitrogens with zero attached hydrogens (tertiary/aromatic N) is 4. The molecule has 3 heterocycles. The summed E-state index contributed by atoms with van der Waals surface area (Å²) in [5.41, 5.74) is 6.34. The van der Waals surface area contributed by atoms with Crippen LogP contribution in [0.1, 0.15) is 62.4 Å². The zero-order chi connectivity index (χ0) is 14.4. The van der Waals surface area contributed by atoms with Gasteiger partial charge in [-0.3, -0.25) is 0 Å². The number of rotatable bonds is 2. The minimum atomic E-state index is -0.286. The zero-order valence-corrected chi connectivity index (χ0v) is 13.1. The van der Waals surface area contributed by atoms with Crippen LogP contribution in [-0.4, -0.2) is 26.4 Å². The summed E-state index contributed by atoms with van der Waals surface area (Å²) in [6, 6.07) is 0. The summed E-state index contributed by atoms with van der Waals surface area (Å²) < 4.78 is 7.56. The Morgan fingerprint density at radius 1 is 1.29 bits per heavy atom. The van der Waals surface area contributed by atoms with E-state index >= 15 is 0 Å². The topological polar surface area (TPSA) is 78.3 Å². The molecule has 6 nitrogen and oxygen atoms in total. The lowest BCUT2D eigenvalue weighted by atomic mass is 9.78. The van der Waals surface area contributed by atoms with Crippen molar-refractivity contribution in [3.63, 3.8) is 0 Å². The van der Waals surface area contributed by atoms with Crippen molar-refractivity contribution in [3.8, 4) is 0 Å². The summed E-state index contributed by atoms with van der Waals surface area (Å²) in [5.74, 6) is 1.60. The van der Waals surface area contributed by atoms with Crippen molar-refractivity contribution < 1.29 is 4.74 Å². The second-order valence-corrected chi connectivity index (χ2v) is 7.46. The smallest absolute Gasteiger partial charge is 0.234 e. The highest BCUT2D eigenvalue weighted by molar-refractivity contribution is 7.16. The van der Waals surface area contributed by atoms with Crippen LogP contribution in [0.25, 0.3) is 4.96 Å². The third-order valence-electron chi connectivity index (χ3n) is 4.83. The second kappa shape index (κ2) is 5.00. The Bertz CT molecular complexity index is 637. The normalized spacial score (nSPS) is 33.8. The largest absolute Gasteiger partial charge is 0.370 e. The van der Waals surface area contributed by atoms with Gasteiger partial charge in [-0.25, -0.2) is 0 Å². The second-order valence-electron chi connectivity index (χ2n) is 6.50. The SMILES string of the molecule is CC1CCC(N)(c2nn3c(C4CCCO4)nnc3s2)CC1. The van der Waals surface area contributed by atoms with Gasteiger partial charge in [0, 0.05) is 6.61 Å². The Hall–Kier alpha value is -1.05. The summed E-state index contributed by atoms with van der Waals surface area (Å²) in [6.07, 6.45) is 6.48. The van der Waals surface area contributed by atoms with E-state index in [4.69, 9.17) is 15.6 Å². The molecule has 1 saturated heterocycles. The molecule has 2 aliphatic rings. The Morgan fingerprint density at radius 3 is 2.81 bits per heavy atom. The van der Waals surface area contributed by atoms with Crippen molar-refractivity contribution >= 4 is 16.3 Å². The van der Waals surface area contributed by atoms with Crippen molar-refractivity contribution in [2.24, 2.45) is 11.7 Å². The molecule has 0 spiro atoms. The summed E-state index contributed by atoms with van der Waals surface area (Å²) >= 11 is 1.58. The Balaban J connectivity index is 1.67. The Kier molecular flexibility index (Phi) is 3.24. The van der Waals surface area contributed by atoms with Gasteiger partial charge in [-0.05, 0) is 44.4 Å². The van der Waals surface area contributed by atoms with E-state index in [1.54, 1.807) is 11.3 Å². The number of ether oxygens (including phenoxy) is 1. The molecule has 1 saturated carbocycles. The molecule has 1 aliphatic carbocycles. The standard InChI is InChI=1S/C14H21N5OS/c1-9-4-6-14(15,7-5-9)12-18-19-11(10-3-2-8-20-10)16-17-13(19)21-12/h9-10H,2-8,15H2,1H3. The highest BCUT2D eigenvalue weighted by atomic mass is 32.1. The van der Waals surface area contributed by atoms with Crippen molar-refractivity contribution in [1.82, 2.24) is 19.8 Å². The maximum absolute atomic E-state index is 6.62. The Morgan fingerprint density at radius 2 is 2.10 bits per heavy atom. The molecular weight excluding hydrogens is 286 g/mol. The fourth-order valence-electron chi connectivity index (χ4n) is 3.31. The molecule has 21 heavy (non-hydrogen) atoms. The van der Waals surface area contributed by atoms with Crippen molar-refractivity contribution in [2.45, 2.75) is 57.1 Å². The van der Waals surface area contributed by atoms with Crippen molar-refractivity contribution in [2.75, 3.05) is 6.61 Å². The first-order chi connectivity index (χ1) is 10.2. The summed E-state index contributed by atoms with van der Waals surface area (Å²) in [5, 5.41) is 14.3. The van der Waals surface area contributed by atoms with Crippen LogP contribution in [0.15, 0.2) is 0 Å². The number of fused-ring (bicyclic) bond motifs is 1. The monoisotopic (exact) mass is 307 g/mol. The van der Waals surface area contributed by atoms with Gasteiger partial charge in [-0.2, -0.15) is 9.61 Å². The first kappa shape index (κ1) is 13.6. The molecule has 0 aromatic carbocycles. The van der Waals surface area contributed by atoms with Crippen LogP contribution in [0.2, 0.25) is 0 Å². The van der Waals surface area contributed by atoms with E-state index in [-0.39, 0.29) is 11.6 Å². The van der Waals surface area contributed by atoms with Gasteiger partial charge in [0.2, 0.25) is 4.96 Å². The molecule has 0 bridgehead atoms. The zero-order valence-electron chi connectivity index (χ0n) is 12.3. The van der Waals surface area contributed by atoms with E-state index < -0.39 is 0 Å². The Labute approximate surface area is 127 Å². The van der Waals surface area contributed by atoms with Crippen LogP contribution in [-0.2, 0) is 10.3 Å². The van der Waals surface area contributed by atoms with Crippen LogP contribution in [0.3, 0.4) is 0 Å². The summed E-state index contributed by atoms with van der Waals surface area (Å²) in [4.78, 5) is 0.832. The van der Waals surface area contributed by atoms with Gasteiger partial charge in [0.25, 0.3) is 0 Å². The van der Waals surface area contributed by atoms with E-state index in [2.05, 4.69) is 17.1 Å². The van der Waals surface area contributed by atoms with E-state index in [0.29, 0.717) is 0 Å². The van der Waals surface area contributed by atoms with Gasteiger partial charge >= 0.3 is 0 Å². The molecule has 1 unspecified atom stereocenters. The number of hydrogen-bond acceptors (Lipinski definition) is 6. The van der Waals surface area contributed by atoms with Crippen molar-refractivity contribution in [1.29, 1.82) is 0 Å². The molecule has 2 aromatic heterocycles. The van der Waals surface area contributed by atoms with Crippen LogP contribution in [0.5, 0.6) is 0 Å². The molecule has 0 amide bonds. The average molecular weight is 307 g/mol. The van der Waals surface area contributed by atoms with Gasteiger partial charge in [0.15, 0.2) is 5.82 Å². The fraction of sp³-hybridized carbons (Fsp3) is 0.786. The number of hydrogen-bond donors (Lipinski definition) is 1. The third kappa shape index (κ3) is 2.27. The molecular formula is C14H21N5OS. The quantitative estimate of drug-likeness (QED) is 0.921. The van der Waals surface area contributed by atoms with Crippen LogP contribution >= 0.6 is 11.3 Å². The predicted octanol–water partition coefficient (Wildman–Crippen LogP) is 2.40. The molecule has 1 atom stereocenters. The highest BCUT2D eigenvalue weighted by Crippen LogP contribution is 2.39. The lowest BCUT2D eigenvalue weighted by molar-refractivity contribution is 0.103. The molecule has 2 fully saturated rings. The fourth-order valence-corrected chi connectivity index (χ4v) is 4.31. The van der Waals surface area contributed by atoms with Crippen LogP contribution in [0.4, 0.5) is 0 Å². The van der Waals surface area contributed by atoms with E-state index in [1.807, 2.05) is 4.52 Å². The van der Waals surface area contributed by atoms with E-state index in [0.717, 1.165) is 54.0 Å². The minimum absolute atomic E-state index is 0.0371.